The summed E-state index contributed by atoms with van der Waals surface area (Å²) in [6.07, 6.45) is 2.26. The monoisotopic (exact) mass is 368 g/mol. The molecular formula is C17H24N2O5S. The molecule has 8 heteroatoms. The molecule has 1 heterocycles. The molecule has 1 fully saturated rings. The lowest BCUT2D eigenvalue weighted by molar-refractivity contribution is -0.119. The van der Waals surface area contributed by atoms with Gasteiger partial charge in [-0.05, 0) is 37.1 Å². The summed E-state index contributed by atoms with van der Waals surface area (Å²) in [5.41, 5.74) is 1.15. The highest BCUT2D eigenvalue weighted by Crippen LogP contribution is 2.12. The van der Waals surface area contributed by atoms with Crippen molar-refractivity contribution in [2.45, 2.75) is 32.2 Å². The Morgan fingerprint density at radius 1 is 1.24 bits per heavy atom. The molecule has 2 rings (SSSR count). The second-order valence-corrected chi connectivity index (χ2v) is 8.32. The van der Waals surface area contributed by atoms with Gasteiger partial charge in [-0.3, -0.25) is 4.79 Å². The van der Waals surface area contributed by atoms with Crippen LogP contribution in [0, 0.1) is 0 Å². The van der Waals surface area contributed by atoms with Crippen LogP contribution in [-0.4, -0.2) is 51.0 Å². The van der Waals surface area contributed by atoms with Gasteiger partial charge in [0, 0.05) is 11.7 Å². The fourth-order valence-corrected chi connectivity index (χ4v) is 4.16. The van der Waals surface area contributed by atoms with E-state index in [1.807, 2.05) is 6.92 Å². The van der Waals surface area contributed by atoms with Crippen LogP contribution < -0.4 is 10.6 Å². The van der Waals surface area contributed by atoms with Crippen molar-refractivity contribution in [3.63, 3.8) is 0 Å². The first-order chi connectivity index (χ1) is 11.9. The number of amides is 1. The molecule has 1 unspecified atom stereocenters. The predicted octanol–water partition coefficient (Wildman–Crippen LogP) is 1.36. The minimum absolute atomic E-state index is 0.00752. The first kappa shape index (κ1) is 19.2. The van der Waals surface area contributed by atoms with Crippen molar-refractivity contribution in [3.8, 4) is 0 Å². The van der Waals surface area contributed by atoms with Crippen LogP contribution in [0.4, 0.5) is 5.69 Å². The van der Waals surface area contributed by atoms with Gasteiger partial charge < -0.3 is 15.4 Å². The van der Waals surface area contributed by atoms with Crippen LogP contribution in [-0.2, 0) is 19.4 Å². The Morgan fingerprint density at radius 2 is 1.96 bits per heavy atom. The average molecular weight is 368 g/mol. The number of carbonyl (C=O) groups excluding carboxylic acids is 2. The quantitative estimate of drug-likeness (QED) is 0.531. The molecule has 1 amide bonds. The first-order valence-electron chi connectivity index (χ1n) is 8.40. The third kappa shape index (κ3) is 6.38. The fourth-order valence-electron chi connectivity index (χ4n) is 2.49. The standard InChI is InChI=1S/C17H24N2O5S/c1-2-3-9-24-17(21)13-4-6-14(7-5-13)18-11-16(20)19-15-8-10-25(22,23)12-15/h4-7,15,18H,2-3,8-12H2,1H3,(H,19,20). The van der Waals surface area contributed by atoms with Crippen LogP contribution in [0.5, 0.6) is 0 Å². The number of sulfone groups is 1. The van der Waals surface area contributed by atoms with Crippen LogP contribution in [0.3, 0.4) is 0 Å². The maximum Gasteiger partial charge on any atom is 0.338 e. The fraction of sp³-hybridized carbons (Fsp3) is 0.529. The van der Waals surface area contributed by atoms with Crippen molar-refractivity contribution in [2.75, 3.05) is 30.0 Å². The Kier molecular flexibility index (Phi) is 6.81. The molecule has 0 aliphatic carbocycles. The molecule has 0 radical (unpaired) electrons. The van der Waals surface area contributed by atoms with Gasteiger partial charge >= 0.3 is 5.97 Å². The van der Waals surface area contributed by atoms with E-state index in [4.69, 9.17) is 4.74 Å². The molecule has 0 bridgehead atoms. The zero-order chi connectivity index (χ0) is 18.3. The Hall–Kier alpha value is -2.09. The van der Waals surface area contributed by atoms with Gasteiger partial charge in [0.2, 0.25) is 5.91 Å². The molecule has 1 aromatic carbocycles. The number of benzene rings is 1. The molecule has 1 saturated heterocycles. The summed E-state index contributed by atoms with van der Waals surface area (Å²) < 4.78 is 27.9. The smallest absolute Gasteiger partial charge is 0.338 e. The Morgan fingerprint density at radius 3 is 2.56 bits per heavy atom. The molecule has 0 spiro atoms. The van der Waals surface area contributed by atoms with E-state index in [1.54, 1.807) is 24.3 Å². The third-order valence-corrected chi connectivity index (χ3v) is 5.67. The number of anilines is 1. The van der Waals surface area contributed by atoms with Gasteiger partial charge in [-0.2, -0.15) is 0 Å². The second kappa shape index (κ2) is 8.84. The van der Waals surface area contributed by atoms with Gasteiger partial charge in [0.1, 0.15) is 0 Å². The molecule has 0 saturated carbocycles. The number of unbranched alkanes of at least 4 members (excludes halogenated alkanes) is 1. The predicted molar refractivity (Wildman–Crippen MR) is 95.3 cm³/mol. The van der Waals surface area contributed by atoms with Crippen molar-refractivity contribution in [3.05, 3.63) is 29.8 Å². The van der Waals surface area contributed by atoms with Crippen molar-refractivity contribution in [1.29, 1.82) is 0 Å². The van der Waals surface area contributed by atoms with Crippen LogP contribution >= 0.6 is 0 Å². The Balaban J connectivity index is 1.75. The summed E-state index contributed by atoms with van der Waals surface area (Å²) in [6.45, 7) is 2.47. The topological polar surface area (TPSA) is 102 Å². The third-order valence-electron chi connectivity index (χ3n) is 3.90. The SMILES string of the molecule is CCCCOC(=O)c1ccc(NCC(=O)NC2CCS(=O)(=O)C2)cc1. The number of esters is 1. The molecule has 1 aliphatic rings. The summed E-state index contributed by atoms with van der Waals surface area (Å²) in [5.74, 6) is -0.486. The molecule has 1 aromatic rings. The van der Waals surface area contributed by atoms with E-state index in [-0.39, 0.29) is 36.0 Å². The normalized spacial score (nSPS) is 18.5. The van der Waals surface area contributed by atoms with Crippen molar-refractivity contribution < 1.29 is 22.7 Å². The molecule has 25 heavy (non-hydrogen) atoms. The highest BCUT2D eigenvalue weighted by atomic mass is 32.2. The lowest BCUT2D eigenvalue weighted by Gasteiger charge is -2.12. The van der Waals surface area contributed by atoms with Crippen LogP contribution in [0.25, 0.3) is 0 Å². The van der Waals surface area contributed by atoms with Gasteiger partial charge in [0.05, 0.1) is 30.2 Å². The number of hydrogen-bond donors (Lipinski definition) is 2. The van der Waals surface area contributed by atoms with E-state index < -0.39 is 9.84 Å². The largest absolute Gasteiger partial charge is 0.462 e. The molecule has 138 valence electrons. The minimum atomic E-state index is -3.01. The van der Waals surface area contributed by atoms with Crippen LogP contribution in [0.15, 0.2) is 24.3 Å². The Labute approximate surface area is 148 Å². The lowest BCUT2D eigenvalue weighted by atomic mass is 10.2. The van der Waals surface area contributed by atoms with Crippen molar-refractivity contribution in [1.82, 2.24) is 5.32 Å². The van der Waals surface area contributed by atoms with Gasteiger partial charge in [0.15, 0.2) is 9.84 Å². The molecule has 2 N–H and O–H groups in total. The molecule has 7 nitrogen and oxygen atoms in total. The van der Waals surface area contributed by atoms with E-state index in [0.29, 0.717) is 24.3 Å². The maximum atomic E-state index is 11.9. The zero-order valence-corrected chi connectivity index (χ0v) is 15.1. The number of nitrogens with one attached hydrogen (secondary N) is 2. The highest BCUT2D eigenvalue weighted by molar-refractivity contribution is 7.91. The molecule has 0 aromatic heterocycles. The van der Waals surface area contributed by atoms with Crippen molar-refractivity contribution >= 4 is 27.4 Å². The number of carbonyl (C=O) groups is 2. The van der Waals surface area contributed by atoms with E-state index in [0.717, 1.165) is 12.8 Å². The number of ether oxygens (including phenoxy) is 1. The first-order valence-corrected chi connectivity index (χ1v) is 10.2. The second-order valence-electron chi connectivity index (χ2n) is 6.09. The van der Waals surface area contributed by atoms with Gasteiger partial charge in [-0.1, -0.05) is 13.3 Å². The highest BCUT2D eigenvalue weighted by Gasteiger charge is 2.28. The summed E-state index contributed by atoms with van der Waals surface area (Å²) in [7, 11) is -3.01. The van der Waals surface area contributed by atoms with Crippen LogP contribution in [0.1, 0.15) is 36.5 Å². The number of rotatable bonds is 8. The van der Waals surface area contributed by atoms with Gasteiger partial charge in [-0.25, -0.2) is 13.2 Å². The summed E-state index contributed by atoms with van der Waals surface area (Å²) >= 11 is 0. The lowest BCUT2D eigenvalue weighted by Crippen LogP contribution is -2.39. The van der Waals surface area contributed by atoms with Gasteiger partial charge in [0.25, 0.3) is 0 Å². The molecule has 1 aliphatic heterocycles. The summed E-state index contributed by atoms with van der Waals surface area (Å²) in [5, 5.41) is 5.65. The summed E-state index contributed by atoms with van der Waals surface area (Å²) in [4.78, 5) is 23.6. The van der Waals surface area contributed by atoms with Crippen molar-refractivity contribution in [2.24, 2.45) is 0 Å². The summed E-state index contributed by atoms with van der Waals surface area (Å²) in [6, 6.07) is 6.36. The molecular weight excluding hydrogens is 344 g/mol. The maximum absolute atomic E-state index is 11.9. The average Bonchev–Trinajstić information content (AvgIpc) is 2.92. The van der Waals surface area contributed by atoms with E-state index in [1.165, 1.54) is 0 Å². The number of hydrogen-bond acceptors (Lipinski definition) is 6. The van der Waals surface area contributed by atoms with E-state index in [9.17, 15) is 18.0 Å². The Bertz CT molecular complexity index is 700. The van der Waals surface area contributed by atoms with Crippen LogP contribution in [0.2, 0.25) is 0 Å². The van der Waals surface area contributed by atoms with Gasteiger partial charge in [-0.15, -0.1) is 0 Å². The molecule has 1 atom stereocenters. The minimum Gasteiger partial charge on any atom is -0.462 e. The van der Waals surface area contributed by atoms with E-state index in [2.05, 4.69) is 10.6 Å². The zero-order valence-electron chi connectivity index (χ0n) is 14.3. The van der Waals surface area contributed by atoms with E-state index >= 15 is 0 Å².